The number of H-pyrrole nitrogens is 1. The molecule has 0 radical (unpaired) electrons. The summed E-state index contributed by atoms with van der Waals surface area (Å²) in [5.74, 6) is 0. The van der Waals surface area contributed by atoms with Gasteiger partial charge in [-0.3, -0.25) is 4.79 Å². The van der Waals surface area contributed by atoms with Crippen LogP contribution in [0.25, 0.3) is 10.9 Å². The van der Waals surface area contributed by atoms with Crippen molar-refractivity contribution in [1.82, 2.24) is 4.98 Å². The van der Waals surface area contributed by atoms with Crippen LogP contribution in [0.1, 0.15) is 31.7 Å². The summed E-state index contributed by atoms with van der Waals surface area (Å²) >= 11 is 0. The molecule has 0 atom stereocenters. The van der Waals surface area contributed by atoms with E-state index < -0.39 is 0 Å². The first-order chi connectivity index (χ1) is 8.20. The number of rotatable bonds is 4. The highest BCUT2D eigenvalue weighted by molar-refractivity contribution is 5.82. The summed E-state index contributed by atoms with van der Waals surface area (Å²) in [6.07, 6.45) is 4.25. The van der Waals surface area contributed by atoms with Crippen LogP contribution in [0.2, 0.25) is 0 Å². The largest absolute Gasteiger partial charge is 0.399 e. The van der Waals surface area contributed by atoms with Crippen molar-refractivity contribution in [3.63, 3.8) is 0 Å². The van der Waals surface area contributed by atoms with E-state index >= 15 is 0 Å². The van der Waals surface area contributed by atoms with E-state index in [4.69, 9.17) is 5.73 Å². The third-order valence-corrected chi connectivity index (χ3v) is 3.00. The van der Waals surface area contributed by atoms with Gasteiger partial charge in [-0.05, 0) is 36.4 Å². The van der Waals surface area contributed by atoms with Crippen LogP contribution in [0.15, 0.2) is 29.1 Å². The van der Waals surface area contributed by atoms with Gasteiger partial charge < -0.3 is 10.7 Å². The van der Waals surface area contributed by atoms with Crippen molar-refractivity contribution in [1.29, 1.82) is 0 Å². The van der Waals surface area contributed by atoms with E-state index in [1.165, 1.54) is 12.8 Å². The van der Waals surface area contributed by atoms with Gasteiger partial charge in [0.15, 0.2) is 0 Å². The number of nitrogen functional groups attached to an aromatic ring is 1. The van der Waals surface area contributed by atoms with Gasteiger partial charge in [0.05, 0.1) is 5.52 Å². The summed E-state index contributed by atoms with van der Waals surface area (Å²) in [5, 5.41) is 1.05. The highest BCUT2D eigenvalue weighted by atomic mass is 16.1. The Kier molecular flexibility index (Phi) is 3.47. The third kappa shape index (κ3) is 2.67. The predicted molar refractivity (Wildman–Crippen MR) is 72.2 cm³/mol. The van der Waals surface area contributed by atoms with Crippen LogP contribution in [-0.4, -0.2) is 4.98 Å². The highest BCUT2D eigenvalue weighted by Crippen LogP contribution is 2.15. The minimum Gasteiger partial charge on any atom is -0.399 e. The third-order valence-electron chi connectivity index (χ3n) is 3.00. The van der Waals surface area contributed by atoms with Crippen molar-refractivity contribution in [3.8, 4) is 0 Å². The average molecular weight is 230 g/mol. The molecule has 3 nitrogen and oxygen atoms in total. The van der Waals surface area contributed by atoms with Gasteiger partial charge in [-0.2, -0.15) is 0 Å². The van der Waals surface area contributed by atoms with E-state index in [1.54, 1.807) is 6.07 Å². The minimum absolute atomic E-state index is 0.0132. The molecule has 0 saturated carbocycles. The van der Waals surface area contributed by atoms with E-state index in [-0.39, 0.29) is 5.56 Å². The smallest absolute Gasteiger partial charge is 0.251 e. The Balaban J connectivity index is 2.35. The number of unbranched alkanes of at least 4 members (excludes halogenated alkanes) is 2. The Bertz CT molecular complexity index is 572. The second-order valence-corrected chi connectivity index (χ2v) is 4.43. The lowest BCUT2D eigenvalue weighted by Gasteiger charge is -2.03. The maximum absolute atomic E-state index is 11.8. The normalized spacial score (nSPS) is 10.9. The van der Waals surface area contributed by atoms with Crippen molar-refractivity contribution in [2.24, 2.45) is 0 Å². The zero-order valence-electron chi connectivity index (χ0n) is 10.1. The maximum atomic E-state index is 11.8. The molecule has 0 aliphatic rings. The topological polar surface area (TPSA) is 58.9 Å². The van der Waals surface area contributed by atoms with Crippen LogP contribution >= 0.6 is 0 Å². The van der Waals surface area contributed by atoms with Crippen molar-refractivity contribution < 1.29 is 0 Å². The van der Waals surface area contributed by atoms with Crippen molar-refractivity contribution >= 4 is 16.6 Å². The van der Waals surface area contributed by atoms with Gasteiger partial charge >= 0.3 is 0 Å². The molecule has 3 heteroatoms. The van der Waals surface area contributed by atoms with Crippen molar-refractivity contribution in [3.05, 3.63) is 40.2 Å². The maximum Gasteiger partial charge on any atom is 0.251 e. The van der Waals surface area contributed by atoms with E-state index in [1.807, 2.05) is 18.2 Å². The number of pyridine rings is 1. The fourth-order valence-corrected chi connectivity index (χ4v) is 2.02. The number of anilines is 1. The Morgan fingerprint density at radius 2 is 2.06 bits per heavy atom. The van der Waals surface area contributed by atoms with Gasteiger partial charge in [-0.15, -0.1) is 0 Å². The molecule has 3 N–H and O–H groups in total. The molecule has 0 aliphatic heterocycles. The highest BCUT2D eigenvalue weighted by Gasteiger charge is 2.02. The number of fused-ring (bicyclic) bond motifs is 1. The van der Waals surface area contributed by atoms with Gasteiger partial charge in [0.2, 0.25) is 0 Å². The number of nitrogens with one attached hydrogen (secondary N) is 1. The summed E-state index contributed by atoms with van der Waals surface area (Å²) in [5.41, 5.74) is 8.06. The molecule has 0 fully saturated rings. The average Bonchev–Trinajstić information content (AvgIpc) is 2.30. The summed E-state index contributed by atoms with van der Waals surface area (Å²) in [6.45, 7) is 2.16. The standard InChI is InChI=1S/C14H18N2O/c1-2-3-4-5-11-8-10-6-7-12(15)9-13(10)16-14(11)17/h6-9H,2-5,15H2,1H3,(H,16,17). The van der Waals surface area contributed by atoms with Crippen LogP contribution in [0.3, 0.4) is 0 Å². The molecule has 2 rings (SSSR count). The number of aromatic amines is 1. The number of aryl methyl sites for hydroxylation is 1. The molecule has 0 unspecified atom stereocenters. The summed E-state index contributed by atoms with van der Waals surface area (Å²) < 4.78 is 0. The van der Waals surface area contributed by atoms with E-state index in [0.717, 1.165) is 29.3 Å². The first-order valence-corrected chi connectivity index (χ1v) is 6.12. The first kappa shape index (κ1) is 11.7. The second kappa shape index (κ2) is 5.04. The summed E-state index contributed by atoms with van der Waals surface area (Å²) in [4.78, 5) is 14.7. The first-order valence-electron chi connectivity index (χ1n) is 6.12. The van der Waals surface area contributed by atoms with Gasteiger partial charge in [0.1, 0.15) is 0 Å². The Morgan fingerprint density at radius 1 is 1.24 bits per heavy atom. The molecule has 17 heavy (non-hydrogen) atoms. The number of benzene rings is 1. The Morgan fingerprint density at radius 3 is 2.82 bits per heavy atom. The molecule has 0 amide bonds. The molecule has 1 heterocycles. The molecule has 1 aromatic heterocycles. The zero-order chi connectivity index (χ0) is 12.3. The second-order valence-electron chi connectivity index (χ2n) is 4.43. The van der Waals surface area contributed by atoms with Crippen LogP contribution < -0.4 is 11.3 Å². The van der Waals surface area contributed by atoms with Gasteiger partial charge in [-0.25, -0.2) is 0 Å². The van der Waals surface area contributed by atoms with Gasteiger partial charge in [0.25, 0.3) is 5.56 Å². The summed E-state index contributed by atoms with van der Waals surface area (Å²) in [7, 11) is 0. The SMILES string of the molecule is CCCCCc1cc2ccc(N)cc2[nH]c1=O. The van der Waals surface area contributed by atoms with Crippen LogP contribution in [0.4, 0.5) is 5.69 Å². The fraction of sp³-hybridized carbons (Fsp3) is 0.357. The molecular formula is C14H18N2O. The summed E-state index contributed by atoms with van der Waals surface area (Å²) in [6, 6.07) is 7.58. The number of hydrogen-bond acceptors (Lipinski definition) is 2. The van der Waals surface area contributed by atoms with Crippen molar-refractivity contribution in [2.45, 2.75) is 32.6 Å². The quantitative estimate of drug-likeness (QED) is 0.626. The van der Waals surface area contributed by atoms with Crippen molar-refractivity contribution in [2.75, 3.05) is 5.73 Å². The van der Waals surface area contributed by atoms with Crippen LogP contribution in [0, 0.1) is 0 Å². The van der Waals surface area contributed by atoms with Crippen LogP contribution in [0.5, 0.6) is 0 Å². The Hall–Kier alpha value is -1.77. The van der Waals surface area contributed by atoms with Crippen LogP contribution in [-0.2, 0) is 6.42 Å². The molecule has 0 saturated heterocycles. The number of hydrogen-bond donors (Lipinski definition) is 2. The lowest BCUT2D eigenvalue weighted by atomic mass is 10.1. The molecule has 90 valence electrons. The molecule has 0 aliphatic carbocycles. The van der Waals surface area contributed by atoms with Gasteiger partial charge in [-0.1, -0.05) is 25.8 Å². The lowest BCUT2D eigenvalue weighted by molar-refractivity contribution is 0.714. The minimum atomic E-state index is 0.0132. The molecule has 2 aromatic rings. The van der Waals surface area contributed by atoms with E-state index in [9.17, 15) is 4.79 Å². The molecule has 0 bridgehead atoms. The number of aromatic nitrogens is 1. The molecular weight excluding hydrogens is 212 g/mol. The van der Waals surface area contributed by atoms with E-state index in [2.05, 4.69) is 11.9 Å². The monoisotopic (exact) mass is 230 g/mol. The zero-order valence-corrected chi connectivity index (χ0v) is 10.1. The fourth-order valence-electron chi connectivity index (χ4n) is 2.02. The molecule has 0 spiro atoms. The predicted octanol–water partition coefficient (Wildman–Crippen LogP) is 2.84. The van der Waals surface area contributed by atoms with E-state index in [0.29, 0.717) is 5.69 Å². The Labute approximate surface area is 101 Å². The molecule has 1 aromatic carbocycles. The number of nitrogens with two attached hydrogens (primary N) is 1. The lowest BCUT2D eigenvalue weighted by Crippen LogP contribution is -2.12. The van der Waals surface area contributed by atoms with Gasteiger partial charge in [0, 0.05) is 11.3 Å².